The van der Waals surface area contributed by atoms with Gasteiger partial charge in [-0.1, -0.05) is 54.1 Å². The van der Waals surface area contributed by atoms with E-state index in [2.05, 4.69) is 9.97 Å². The summed E-state index contributed by atoms with van der Waals surface area (Å²) < 4.78 is 0. The molecule has 3 aromatic rings. The van der Waals surface area contributed by atoms with Crippen LogP contribution >= 0.6 is 11.6 Å². The topological polar surface area (TPSA) is 51.8 Å². The van der Waals surface area contributed by atoms with Gasteiger partial charge in [0.25, 0.3) is 0 Å². The molecule has 3 rings (SSSR count). The highest BCUT2D eigenvalue weighted by atomic mass is 35.5. The predicted molar refractivity (Wildman–Crippen MR) is 82.3 cm³/mol. The lowest BCUT2D eigenvalue weighted by molar-refractivity contribution is 1.19. The molecule has 4 heteroatoms. The molecule has 0 bridgehead atoms. The Balaban J connectivity index is 2.12. The van der Waals surface area contributed by atoms with Crippen LogP contribution in [-0.2, 0) is 0 Å². The second-order valence-electron chi connectivity index (χ2n) is 4.38. The van der Waals surface area contributed by atoms with Crippen molar-refractivity contribution >= 4 is 17.4 Å². The van der Waals surface area contributed by atoms with Crippen LogP contribution in [0.25, 0.3) is 22.6 Å². The first-order chi connectivity index (χ1) is 9.72. The Labute approximate surface area is 122 Å². The van der Waals surface area contributed by atoms with E-state index >= 15 is 0 Å². The Kier molecular flexibility index (Phi) is 3.35. The van der Waals surface area contributed by atoms with Gasteiger partial charge in [0.2, 0.25) is 0 Å². The van der Waals surface area contributed by atoms with Crippen LogP contribution in [0.3, 0.4) is 0 Å². The summed E-state index contributed by atoms with van der Waals surface area (Å²) >= 11 is 6.00. The SMILES string of the molecule is Nc1cc(-c2ccccc2)nc(-c2cccc(Cl)c2)n1. The van der Waals surface area contributed by atoms with Crippen LogP contribution in [0.15, 0.2) is 60.7 Å². The molecule has 0 aliphatic carbocycles. The van der Waals surface area contributed by atoms with Gasteiger partial charge in [0.1, 0.15) is 5.82 Å². The van der Waals surface area contributed by atoms with Gasteiger partial charge in [-0.05, 0) is 12.1 Å². The molecule has 0 saturated carbocycles. The van der Waals surface area contributed by atoms with Gasteiger partial charge >= 0.3 is 0 Å². The largest absolute Gasteiger partial charge is 0.384 e. The summed E-state index contributed by atoms with van der Waals surface area (Å²) in [6, 6.07) is 19.1. The Morgan fingerprint density at radius 2 is 1.55 bits per heavy atom. The number of nitrogens with two attached hydrogens (primary N) is 1. The van der Waals surface area contributed by atoms with E-state index < -0.39 is 0 Å². The van der Waals surface area contributed by atoms with Crippen molar-refractivity contribution in [2.45, 2.75) is 0 Å². The summed E-state index contributed by atoms with van der Waals surface area (Å²) in [6.07, 6.45) is 0. The lowest BCUT2D eigenvalue weighted by Crippen LogP contribution is -1.97. The van der Waals surface area contributed by atoms with Gasteiger partial charge in [0.15, 0.2) is 5.82 Å². The quantitative estimate of drug-likeness (QED) is 0.771. The Bertz CT molecular complexity index is 742. The molecule has 0 radical (unpaired) electrons. The molecular weight excluding hydrogens is 270 g/mol. The zero-order valence-electron chi connectivity index (χ0n) is 10.6. The lowest BCUT2D eigenvalue weighted by Gasteiger charge is -2.06. The molecule has 2 aromatic carbocycles. The van der Waals surface area contributed by atoms with Gasteiger partial charge in [-0.15, -0.1) is 0 Å². The molecule has 2 N–H and O–H groups in total. The highest BCUT2D eigenvalue weighted by Crippen LogP contribution is 2.24. The molecule has 0 amide bonds. The van der Waals surface area contributed by atoms with Crippen LogP contribution in [0, 0.1) is 0 Å². The molecule has 1 heterocycles. The molecule has 0 unspecified atom stereocenters. The summed E-state index contributed by atoms with van der Waals surface area (Å²) in [6.45, 7) is 0. The number of rotatable bonds is 2. The molecule has 0 atom stereocenters. The van der Waals surface area contributed by atoms with Crippen molar-refractivity contribution < 1.29 is 0 Å². The van der Waals surface area contributed by atoms with Crippen LogP contribution < -0.4 is 5.73 Å². The van der Waals surface area contributed by atoms with E-state index in [4.69, 9.17) is 17.3 Å². The summed E-state index contributed by atoms with van der Waals surface area (Å²) in [4.78, 5) is 8.84. The van der Waals surface area contributed by atoms with E-state index in [0.717, 1.165) is 16.8 Å². The maximum absolute atomic E-state index is 6.00. The molecule has 20 heavy (non-hydrogen) atoms. The number of benzene rings is 2. The van der Waals surface area contributed by atoms with Crippen LogP contribution in [0.1, 0.15) is 0 Å². The average Bonchev–Trinajstić information content (AvgIpc) is 2.47. The maximum atomic E-state index is 6.00. The number of nitrogens with zero attached hydrogens (tertiary/aromatic N) is 2. The number of aromatic nitrogens is 2. The van der Waals surface area contributed by atoms with E-state index in [9.17, 15) is 0 Å². The normalized spacial score (nSPS) is 10.4. The smallest absolute Gasteiger partial charge is 0.162 e. The molecule has 0 saturated heterocycles. The summed E-state index contributed by atoms with van der Waals surface area (Å²) in [5.74, 6) is 1.01. The molecule has 1 aromatic heterocycles. The number of hydrogen-bond donors (Lipinski definition) is 1. The van der Waals surface area contributed by atoms with Gasteiger partial charge in [-0.3, -0.25) is 0 Å². The van der Waals surface area contributed by atoms with Crippen LogP contribution in [0.4, 0.5) is 5.82 Å². The van der Waals surface area contributed by atoms with Crippen LogP contribution in [-0.4, -0.2) is 9.97 Å². The fourth-order valence-corrected chi connectivity index (χ4v) is 2.17. The average molecular weight is 282 g/mol. The first kappa shape index (κ1) is 12.6. The van der Waals surface area contributed by atoms with Crippen LogP contribution in [0.5, 0.6) is 0 Å². The minimum atomic E-state index is 0.439. The van der Waals surface area contributed by atoms with E-state index in [0.29, 0.717) is 16.7 Å². The fraction of sp³-hybridized carbons (Fsp3) is 0. The Morgan fingerprint density at radius 1 is 0.800 bits per heavy atom. The van der Waals surface area contributed by atoms with Crippen molar-refractivity contribution in [1.29, 1.82) is 0 Å². The lowest BCUT2D eigenvalue weighted by atomic mass is 10.1. The number of anilines is 1. The van der Waals surface area contributed by atoms with Crippen LogP contribution in [0.2, 0.25) is 5.02 Å². The van der Waals surface area contributed by atoms with Gasteiger partial charge < -0.3 is 5.73 Å². The van der Waals surface area contributed by atoms with Gasteiger partial charge in [-0.25, -0.2) is 9.97 Å². The number of nitrogen functional groups attached to an aromatic ring is 1. The molecular formula is C16H12ClN3. The van der Waals surface area contributed by atoms with Crippen molar-refractivity contribution in [1.82, 2.24) is 9.97 Å². The van der Waals surface area contributed by atoms with E-state index in [-0.39, 0.29) is 0 Å². The second-order valence-corrected chi connectivity index (χ2v) is 4.81. The van der Waals surface area contributed by atoms with E-state index in [1.807, 2.05) is 54.6 Å². The summed E-state index contributed by atoms with van der Waals surface area (Å²) in [5, 5.41) is 0.648. The Hall–Kier alpha value is -2.39. The third kappa shape index (κ3) is 2.63. The summed E-state index contributed by atoms with van der Waals surface area (Å²) in [5.41, 5.74) is 8.54. The van der Waals surface area contributed by atoms with E-state index in [1.54, 1.807) is 6.07 Å². The number of hydrogen-bond acceptors (Lipinski definition) is 3. The van der Waals surface area contributed by atoms with Crippen molar-refractivity contribution in [3.05, 3.63) is 65.7 Å². The van der Waals surface area contributed by atoms with Crippen molar-refractivity contribution in [3.8, 4) is 22.6 Å². The van der Waals surface area contributed by atoms with Gasteiger partial charge in [0, 0.05) is 22.2 Å². The van der Waals surface area contributed by atoms with Crippen molar-refractivity contribution in [2.75, 3.05) is 5.73 Å². The Morgan fingerprint density at radius 3 is 2.30 bits per heavy atom. The molecule has 0 aliphatic rings. The van der Waals surface area contributed by atoms with E-state index in [1.165, 1.54) is 0 Å². The molecule has 0 aliphatic heterocycles. The fourth-order valence-electron chi connectivity index (χ4n) is 1.98. The number of halogens is 1. The molecule has 0 spiro atoms. The molecule has 3 nitrogen and oxygen atoms in total. The first-order valence-corrected chi connectivity index (χ1v) is 6.56. The van der Waals surface area contributed by atoms with Crippen molar-refractivity contribution in [3.63, 3.8) is 0 Å². The standard InChI is InChI=1S/C16H12ClN3/c17-13-8-4-7-12(9-13)16-19-14(10-15(18)20-16)11-5-2-1-3-6-11/h1-10H,(H2,18,19,20). The minimum absolute atomic E-state index is 0.439. The highest BCUT2D eigenvalue weighted by molar-refractivity contribution is 6.30. The van der Waals surface area contributed by atoms with Crippen molar-refractivity contribution in [2.24, 2.45) is 0 Å². The molecule has 0 fully saturated rings. The third-order valence-electron chi connectivity index (χ3n) is 2.90. The minimum Gasteiger partial charge on any atom is -0.384 e. The zero-order chi connectivity index (χ0) is 13.9. The maximum Gasteiger partial charge on any atom is 0.162 e. The zero-order valence-corrected chi connectivity index (χ0v) is 11.4. The van der Waals surface area contributed by atoms with Gasteiger partial charge in [0.05, 0.1) is 5.69 Å². The monoisotopic (exact) mass is 281 g/mol. The van der Waals surface area contributed by atoms with Gasteiger partial charge in [-0.2, -0.15) is 0 Å². The predicted octanol–water partition coefficient (Wildman–Crippen LogP) is 4.05. The highest BCUT2D eigenvalue weighted by Gasteiger charge is 2.07. The third-order valence-corrected chi connectivity index (χ3v) is 3.13. The molecule has 98 valence electrons. The summed E-state index contributed by atoms with van der Waals surface area (Å²) in [7, 11) is 0. The first-order valence-electron chi connectivity index (χ1n) is 6.18. The second kappa shape index (κ2) is 5.31.